The summed E-state index contributed by atoms with van der Waals surface area (Å²) in [5.74, 6) is -0.711. The summed E-state index contributed by atoms with van der Waals surface area (Å²) in [6.07, 6.45) is 0.812. The van der Waals surface area contributed by atoms with Crippen molar-refractivity contribution in [1.29, 1.82) is 0 Å². The Labute approximate surface area is 288 Å². The van der Waals surface area contributed by atoms with Gasteiger partial charge >= 0.3 is 4.87 Å². The molecule has 48 heavy (non-hydrogen) atoms. The van der Waals surface area contributed by atoms with Gasteiger partial charge in [0.1, 0.15) is 5.75 Å². The number of thiazole rings is 1. The first-order chi connectivity index (χ1) is 23.4. The standard InChI is InChI=1S/C37H28ClN3O5S2/c38-20-10-12-21(13-11-20)41-35(43)30-24-16-25(31(30)36(41)44)32-29(24)28(33-34(47-32)40-37(45)48-33)19-8-14-22(15-9-19)46-17-27(42)39-26-7-3-5-18-4-1-2-6-23(18)26/h1-15,24-25,28-32H,16-17H2,(H,39,42)(H,40,45)/t24?,25?,28-,29?,30?,31?,32?/m1/s1. The molecule has 9 rings (SSSR count). The van der Waals surface area contributed by atoms with E-state index in [0.29, 0.717) is 16.5 Å². The number of H-pyrrole nitrogens is 1. The number of fused-ring (bicyclic) bond motifs is 10. The molecular weight excluding hydrogens is 666 g/mol. The fourth-order valence-corrected chi connectivity index (χ4v) is 11.7. The van der Waals surface area contributed by atoms with E-state index in [1.165, 1.54) is 16.2 Å². The van der Waals surface area contributed by atoms with Crippen molar-refractivity contribution in [3.05, 3.63) is 116 Å². The van der Waals surface area contributed by atoms with Gasteiger partial charge in [-0.25, -0.2) is 0 Å². The van der Waals surface area contributed by atoms with Crippen LogP contribution >= 0.6 is 34.7 Å². The monoisotopic (exact) mass is 693 g/mol. The largest absolute Gasteiger partial charge is 0.484 e. The molecular formula is C37H28ClN3O5S2. The molecule has 7 atom stereocenters. The molecule has 3 heterocycles. The fourth-order valence-electron chi connectivity index (χ4n) is 8.68. The lowest BCUT2D eigenvalue weighted by Crippen LogP contribution is -2.42. The molecule has 2 saturated carbocycles. The molecule has 6 unspecified atom stereocenters. The average molecular weight is 694 g/mol. The van der Waals surface area contributed by atoms with Crippen LogP contribution in [-0.2, 0) is 14.4 Å². The van der Waals surface area contributed by atoms with E-state index in [9.17, 15) is 19.2 Å². The second-order valence-corrected chi connectivity index (χ2v) is 15.5. The minimum absolute atomic E-state index is 0.00953. The van der Waals surface area contributed by atoms with Crippen LogP contribution in [-0.4, -0.2) is 34.6 Å². The lowest BCUT2D eigenvalue weighted by molar-refractivity contribution is -0.123. The molecule has 240 valence electrons. The van der Waals surface area contributed by atoms with Gasteiger partial charge in [0.25, 0.3) is 5.91 Å². The number of benzene rings is 4. The molecule has 8 nitrogen and oxygen atoms in total. The molecule has 2 N–H and O–H groups in total. The molecule has 2 bridgehead atoms. The SMILES string of the molecule is O=C(COc1ccc([C@H]2c3sc(=O)[nH]c3SC3C4CC(C5C(=O)N(c6ccc(Cl)cc6)C(=O)C45)C32)cc1)Nc1cccc2ccccc12. The van der Waals surface area contributed by atoms with E-state index in [1.807, 2.05) is 66.7 Å². The zero-order valence-corrected chi connectivity index (χ0v) is 27.7. The van der Waals surface area contributed by atoms with E-state index < -0.39 is 0 Å². The Kier molecular flexibility index (Phi) is 7.04. The van der Waals surface area contributed by atoms with Gasteiger partial charge in [-0.2, -0.15) is 0 Å². The zero-order chi connectivity index (χ0) is 32.7. The van der Waals surface area contributed by atoms with Gasteiger partial charge < -0.3 is 15.0 Å². The number of hydrogen-bond acceptors (Lipinski definition) is 7. The number of nitrogens with one attached hydrogen (secondary N) is 2. The number of carbonyl (C=O) groups excluding carboxylic acids is 3. The van der Waals surface area contributed by atoms with E-state index in [0.717, 1.165) is 38.3 Å². The molecule has 0 spiro atoms. The number of hydrogen-bond donors (Lipinski definition) is 2. The van der Waals surface area contributed by atoms with E-state index >= 15 is 0 Å². The predicted octanol–water partition coefficient (Wildman–Crippen LogP) is 6.94. The second-order valence-electron chi connectivity index (χ2n) is 12.9. The number of carbonyl (C=O) groups is 3. The van der Waals surface area contributed by atoms with Crippen molar-refractivity contribution in [3.63, 3.8) is 0 Å². The smallest absolute Gasteiger partial charge is 0.305 e. The number of aromatic nitrogens is 1. The Hall–Kier alpha value is -4.38. The summed E-state index contributed by atoms with van der Waals surface area (Å²) in [7, 11) is 0. The van der Waals surface area contributed by atoms with Crippen LogP contribution < -0.4 is 19.8 Å². The minimum atomic E-state index is -0.386. The number of rotatable bonds is 6. The van der Waals surface area contributed by atoms with Crippen molar-refractivity contribution in [2.45, 2.75) is 22.6 Å². The van der Waals surface area contributed by atoms with Crippen molar-refractivity contribution in [3.8, 4) is 5.75 Å². The number of imide groups is 1. The minimum Gasteiger partial charge on any atom is -0.484 e. The highest BCUT2D eigenvalue weighted by molar-refractivity contribution is 8.00. The third kappa shape index (κ3) is 4.64. The van der Waals surface area contributed by atoms with Gasteiger partial charge in [-0.05, 0) is 77.6 Å². The third-order valence-corrected chi connectivity index (χ3v) is 13.3. The van der Waals surface area contributed by atoms with Crippen LogP contribution in [0.2, 0.25) is 5.02 Å². The van der Waals surface area contributed by atoms with Crippen molar-refractivity contribution in [2.24, 2.45) is 29.6 Å². The van der Waals surface area contributed by atoms with Gasteiger partial charge in [-0.15, -0.1) is 11.8 Å². The maximum absolute atomic E-state index is 14.0. The number of thioether (sulfide) groups is 1. The van der Waals surface area contributed by atoms with Crippen LogP contribution in [0, 0.1) is 29.6 Å². The van der Waals surface area contributed by atoms with Gasteiger partial charge in [-0.1, -0.05) is 71.5 Å². The Balaban J connectivity index is 0.966. The van der Waals surface area contributed by atoms with Gasteiger partial charge in [-0.3, -0.25) is 24.1 Å². The summed E-state index contributed by atoms with van der Waals surface area (Å²) in [6, 6.07) is 28.2. The second kappa shape index (κ2) is 11.4. The molecule has 11 heteroatoms. The molecule has 5 aromatic rings. The summed E-state index contributed by atoms with van der Waals surface area (Å²) in [4.78, 5) is 58.5. The Bertz CT molecular complexity index is 2180. The van der Waals surface area contributed by atoms with Gasteiger partial charge in [0.05, 0.1) is 22.5 Å². The van der Waals surface area contributed by atoms with E-state index in [4.69, 9.17) is 16.3 Å². The highest BCUT2D eigenvalue weighted by Crippen LogP contribution is 2.68. The predicted molar refractivity (Wildman–Crippen MR) is 187 cm³/mol. The summed E-state index contributed by atoms with van der Waals surface area (Å²) < 4.78 is 5.88. The summed E-state index contributed by atoms with van der Waals surface area (Å²) in [6.45, 7) is -0.149. The van der Waals surface area contributed by atoms with E-state index in [-0.39, 0.29) is 70.0 Å². The average Bonchev–Trinajstić information content (AvgIpc) is 3.83. The zero-order valence-electron chi connectivity index (χ0n) is 25.3. The number of anilines is 2. The maximum Gasteiger partial charge on any atom is 0.305 e. The maximum atomic E-state index is 14.0. The van der Waals surface area contributed by atoms with Crippen molar-refractivity contribution >= 4 is 74.6 Å². The van der Waals surface area contributed by atoms with Gasteiger partial charge in [0, 0.05) is 32.1 Å². The molecule has 1 aromatic heterocycles. The van der Waals surface area contributed by atoms with Crippen LogP contribution in [0.15, 0.2) is 101 Å². The summed E-state index contributed by atoms with van der Waals surface area (Å²) >= 11 is 8.98. The molecule has 3 amide bonds. The van der Waals surface area contributed by atoms with Crippen molar-refractivity contribution in [2.75, 3.05) is 16.8 Å². The summed E-state index contributed by atoms with van der Waals surface area (Å²) in [5.41, 5.74) is 2.31. The van der Waals surface area contributed by atoms with Crippen LogP contribution in [0.4, 0.5) is 11.4 Å². The molecule has 2 aliphatic carbocycles. The molecule has 4 aromatic carbocycles. The van der Waals surface area contributed by atoms with Crippen molar-refractivity contribution < 1.29 is 19.1 Å². The molecule has 4 aliphatic rings. The van der Waals surface area contributed by atoms with Crippen molar-refractivity contribution in [1.82, 2.24) is 4.98 Å². The van der Waals surface area contributed by atoms with Crippen LogP contribution in [0.25, 0.3) is 10.8 Å². The number of halogens is 1. The fraction of sp³-hybridized carbons (Fsp3) is 0.243. The van der Waals surface area contributed by atoms with Crippen LogP contribution in [0.1, 0.15) is 22.8 Å². The normalized spacial score (nSPS) is 26.8. The topological polar surface area (TPSA) is 109 Å². The van der Waals surface area contributed by atoms with E-state index in [2.05, 4.69) is 10.3 Å². The molecule has 2 aliphatic heterocycles. The lowest BCUT2D eigenvalue weighted by atomic mass is 9.68. The van der Waals surface area contributed by atoms with Gasteiger partial charge in [0.15, 0.2) is 6.61 Å². The third-order valence-electron chi connectivity index (χ3n) is 10.5. The van der Waals surface area contributed by atoms with Crippen LogP contribution in [0.3, 0.4) is 0 Å². The summed E-state index contributed by atoms with van der Waals surface area (Å²) in [5, 5.41) is 6.45. The van der Waals surface area contributed by atoms with Gasteiger partial charge in [0.2, 0.25) is 11.8 Å². The number of aromatic amines is 1. The van der Waals surface area contributed by atoms with Crippen LogP contribution in [0.5, 0.6) is 5.75 Å². The number of ether oxygens (including phenoxy) is 1. The quantitative estimate of drug-likeness (QED) is 0.187. The Morgan fingerprint density at radius 2 is 1.62 bits per heavy atom. The first kappa shape index (κ1) is 29.7. The lowest BCUT2D eigenvalue weighted by Gasteiger charge is -2.43. The first-order valence-electron chi connectivity index (χ1n) is 15.9. The number of nitrogens with zero attached hydrogens (tertiary/aromatic N) is 1. The molecule has 0 radical (unpaired) electrons. The first-order valence-corrected chi connectivity index (χ1v) is 18.0. The highest BCUT2D eigenvalue weighted by atomic mass is 35.5. The van der Waals surface area contributed by atoms with E-state index in [1.54, 1.807) is 36.0 Å². The Morgan fingerprint density at radius 1 is 0.896 bits per heavy atom. The molecule has 1 saturated heterocycles. The number of amides is 3. The molecule has 3 fully saturated rings. The highest BCUT2D eigenvalue weighted by Gasteiger charge is 2.69. The Morgan fingerprint density at radius 3 is 2.42 bits per heavy atom.